The first-order chi connectivity index (χ1) is 9.69. The van der Waals surface area contributed by atoms with Crippen LogP contribution in [0.15, 0.2) is 42.5 Å². The van der Waals surface area contributed by atoms with Gasteiger partial charge in [0, 0.05) is 6.54 Å². The molecule has 0 radical (unpaired) electrons. The van der Waals surface area contributed by atoms with Crippen LogP contribution >= 0.6 is 11.6 Å². The van der Waals surface area contributed by atoms with E-state index in [1.807, 2.05) is 25.1 Å². The summed E-state index contributed by atoms with van der Waals surface area (Å²) in [6.07, 6.45) is 0. The van der Waals surface area contributed by atoms with Crippen molar-refractivity contribution in [2.45, 2.75) is 27.0 Å². The van der Waals surface area contributed by atoms with Gasteiger partial charge in [0.1, 0.15) is 12.4 Å². The minimum absolute atomic E-state index is 0.532. The maximum atomic E-state index is 6.11. The van der Waals surface area contributed by atoms with Gasteiger partial charge in [-0.25, -0.2) is 0 Å². The molecule has 106 valence electrons. The molecule has 0 heterocycles. The molecule has 0 atom stereocenters. The molecule has 0 aliphatic rings. The quantitative estimate of drug-likeness (QED) is 0.854. The third kappa shape index (κ3) is 4.26. The molecule has 1 N–H and O–H groups in total. The number of hydrogen-bond donors (Lipinski definition) is 1. The Bertz CT molecular complexity index is 551. The lowest BCUT2D eigenvalue weighted by molar-refractivity contribution is 0.306. The number of aryl methyl sites for hydroxylation is 1. The molecule has 0 aliphatic heterocycles. The second-order valence-corrected chi connectivity index (χ2v) is 5.23. The Hall–Kier alpha value is -1.51. The van der Waals surface area contributed by atoms with E-state index in [2.05, 4.69) is 36.5 Å². The molecule has 0 aromatic heterocycles. The van der Waals surface area contributed by atoms with Gasteiger partial charge < -0.3 is 10.1 Å². The third-order valence-corrected chi connectivity index (χ3v) is 3.40. The number of rotatable bonds is 6. The van der Waals surface area contributed by atoms with Crippen LogP contribution in [0.1, 0.15) is 23.6 Å². The van der Waals surface area contributed by atoms with Gasteiger partial charge in [-0.1, -0.05) is 48.9 Å². The Kier molecular flexibility index (Phi) is 5.45. The molecule has 0 amide bonds. The highest BCUT2D eigenvalue weighted by atomic mass is 35.5. The first-order valence-electron chi connectivity index (χ1n) is 6.86. The molecule has 2 nitrogen and oxygen atoms in total. The predicted octanol–water partition coefficient (Wildman–Crippen LogP) is 4.34. The number of benzene rings is 2. The Balaban J connectivity index is 1.95. The van der Waals surface area contributed by atoms with Gasteiger partial charge in [0.2, 0.25) is 0 Å². The summed E-state index contributed by atoms with van der Waals surface area (Å²) >= 11 is 6.11. The van der Waals surface area contributed by atoms with E-state index in [0.717, 1.165) is 30.0 Å². The van der Waals surface area contributed by atoms with Crippen molar-refractivity contribution in [3.05, 3.63) is 64.2 Å². The molecule has 20 heavy (non-hydrogen) atoms. The van der Waals surface area contributed by atoms with Crippen LogP contribution in [0.3, 0.4) is 0 Å². The van der Waals surface area contributed by atoms with Crippen molar-refractivity contribution >= 4 is 11.6 Å². The largest absolute Gasteiger partial charge is 0.487 e. The second kappa shape index (κ2) is 7.32. The summed E-state index contributed by atoms with van der Waals surface area (Å²) in [5.74, 6) is 0.739. The van der Waals surface area contributed by atoms with E-state index < -0.39 is 0 Å². The zero-order chi connectivity index (χ0) is 14.4. The van der Waals surface area contributed by atoms with Crippen LogP contribution in [0.4, 0.5) is 0 Å². The maximum absolute atomic E-state index is 6.11. The molecule has 3 heteroatoms. The topological polar surface area (TPSA) is 21.3 Å². The smallest absolute Gasteiger partial charge is 0.138 e. The Morgan fingerprint density at radius 2 is 1.75 bits per heavy atom. The summed E-state index contributed by atoms with van der Waals surface area (Å²) in [5, 5.41) is 3.96. The van der Waals surface area contributed by atoms with E-state index >= 15 is 0 Å². The fourth-order valence-corrected chi connectivity index (χ4v) is 2.08. The lowest BCUT2D eigenvalue weighted by Crippen LogP contribution is -2.11. The van der Waals surface area contributed by atoms with Crippen molar-refractivity contribution in [1.82, 2.24) is 5.32 Å². The molecule has 0 spiro atoms. The lowest BCUT2D eigenvalue weighted by atomic mass is 10.1. The SMILES string of the molecule is CCNCc1ccc(COc2cc(C)ccc2Cl)cc1. The average Bonchev–Trinajstić information content (AvgIpc) is 2.47. The van der Waals surface area contributed by atoms with Gasteiger partial charge in [-0.15, -0.1) is 0 Å². The van der Waals surface area contributed by atoms with E-state index in [4.69, 9.17) is 16.3 Å². The van der Waals surface area contributed by atoms with Crippen molar-refractivity contribution < 1.29 is 4.74 Å². The molecule has 2 aromatic rings. The van der Waals surface area contributed by atoms with Crippen LogP contribution in [0.5, 0.6) is 5.75 Å². The Morgan fingerprint density at radius 3 is 2.45 bits per heavy atom. The summed E-state index contributed by atoms with van der Waals surface area (Å²) in [7, 11) is 0. The maximum Gasteiger partial charge on any atom is 0.138 e. The van der Waals surface area contributed by atoms with Crippen molar-refractivity contribution in [2.75, 3.05) is 6.54 Å². The van der Waals surface area contributed by atoms with Crippen LogP contribution in [0.25, 0.3) is 0 Å². The summed E-state index contributed by atoms with van der Waals surface area (Å²) in [4.78, 5) is 0. The van der Waals surface area contributed by atoms with E-state index in [1.54, 1.807) is 0 Å². The predicted molar refractivity (Wildman–Crippen MR) is 84.3 cm³/mol. The van der Waals surface area contributed by atoms with Crippen molar-refractivity contribution in [3.63, 3.8) is 0 Å². The van der Waals surface area contributed by atoms with E-state index in [0.29, 0.717) is 11.6 Å². The second-order valence-electron chi connectivity index (χ2n) is 4.82. The van der Waals surface area contributed by atoms with Crippen LogP contribution in [-0.4, -0.2) is 6.54 Å². The molecular weight excluding hydrogens is 270 g/mol. The molecule has 0 fully saturated rings. The highest BCUT2D eigenvalue weighted by molar-refractivity contribution is 6.32. The van der Waals surface area contributed by atoms with Gasteiger partial charge in [0.05, 0.1) is 5.02 Å². The molecule has 0 saturated heterocycles. The third-order valence-electron chi connectivity index (χ3n) is 3.08. The van der Waals surface area contributed by atoms with Crippen LogP contribution in [0.2, 0.25) is 5.02 Å². The minimum Gasteiger partial charge on any atom is -0.487 e. The van der Waals surface area contributed by atoms with Gasteiger partial charge in [-0.3, -0.25) is 0 Å². The molecule has 0 bridgehead atoms. The van der Waals surface area contributed by atoms with Gasteiger partial charge in [-0.2, -0.15) is 0 Å². The first kappa shape index (κ1) is 14.9. The van der Waals surface area contributed by atoms with Gasteiger partial charge in [0.25, 0.3) is 0 Å². The first-order valence-corrected chi connectivity index (χ1v) is 7.24. The number of nitrogens with one attached hydrogen (secondary N) is 1. The standard InChI is InChI=1S/C17H20ClNO/c1-3-19-11-14-5-7-15(8-6-14)12-20-17-10-13(2)4-9-16(17)18/h4-10,19H,3,11-12H2,1-2H3. The molecule has 0 aliphatic carbocycles. The Morgan fingerprint density at radius 1 is 1.05 bits per heavy atom. The minimum atomic E-state index is 0.532. The van der Waals surface area contributed by atoms with E-state index in [-0.39, 0.29) is 0 Å². The summed E-state index contributed by atoms with van der Waals surface area (Å²) in [5.41, 5.74) is 3.57. The average molecular weight is 290 g/mol. The monoisotopic (exact) mass is 289 g/mol. The van der Waals surface area contributed by atoms with Crippen LogP contribution in [0, 0.1) is 6.92 Å². The van der Waals surface area contributed by atoms with Gasteiger partial charge in [0.15, 0.2) is 0 Å². The number of halogens is 1. The van der Waals surface area contributed by atoms with Crippen LogP contribution in [-0.2, 0) is 13.2 Å². The Labute approximate surface area is 125 Å². The van der Waals surface area contributed by atoms with Gasteiger partial charge >= 0.3 is 0 Å². The zero-order valence-corrected chi connectivity index (χ0v) is 12.7. The molecule has 2 aromatic carbocycles. The van der Waals surface area contributed by atoms with Crippen molar-refractivity contribution in [2.24, 2.45) is 0 Å². The molecule has 0 saturated carbocycles. The van der Waals surface area contributed by atoms with Crippen molar-refractivity contribution in [3.8, 4) is 5.75 Å². The normalized spacial score (nSPS) is 10.6. The fourth-order valence-electron chi connectivity index (χ4n) is 1.90. The fraction of sp³-hybridized carbons (Fsp3) is 0.294. The number of ether oxygens (including phenoxy) is 1. The summed E-state index contributed by atoms with van der Waals surface area (Å²) in [6, 6.07) is 14.2. The highest BCUT2D eigenvalue weighted by Crippen LogP contribution is 2.26. The van der Waals surface area contributed by atoms with Crippen molar-refractivity contribution in [1.29, 1.82) is 0 Å². The number of hydrogen-bond acceptors (Lipinski definition) is 2. The molecule has 0 unspecified atom stereocenters. The molecular formula is C17H20ClNO. The lowest BCUT2D eigenvalue weighted by Gasteiger charge is -2.09. The summed E-state index contributed by atoms with van der Waals surface area (Å²) < 4.78 is 5.78. The van der Waals surface area contributed by atoms with Crippen LogP contribution < -0.4 is 10.1 Å². The summed E-state index contributed by atoms with van der Waals surface area (Å²) in [6.45, 7) is 6.55. The highest BCUT2D eigenvalue weighted by Gasteiger charge is 2.02. The zero-order valence-electron chi connectivity index (χ0n) is 11.9. The van der Waals surface area contributed by atoms with Gasteiger partial charge in [-0.05, 0) is 42.3 Å². The van der Waals surface area contributed by atoms with E-state index in [1.165, 1.54) is 5.56 Å². The van der Waals surface area contributed by atoms with E-state index in [9.17, 15) is 0 Å². The molecule has 2 rings (SSSR count).